The number of fused-ring (bicyclic) bond motifs is 6. The van der Waals surface area contributed by atoms with Crippen LogP contribution in [-0.4, -0.2) is 36.6 Å². The molecule has 0 aliphatic heterocycles. The van der Waals surface area contributed by atoms with Gasteiger partial charge < -0.3 is 29.5 Å². The Bertz CT molecular complexity index is 1210. The van der Waals surface area contributed by atoms with Gasteiger partial charge in [0.15, 0.2) is 11.5 Å². The van der Waals surface area contributed by atoms with E-state index in [0.717, 1.165) is 10.8 Å². The van der Waals surface area contributed by atoms with Gasteiger partial charge >= 0.3 is 0 Å². The second-order valence-corrected chi connectivity index (χ2v) is 6.15. The lowest BCUT2D eigenvalue weighted by Crippen LogP contribution is -1.92. The van der Waals surface area contributed by atoms with E-state index < -0.39 is 5.75 Å². The maximum atomic E-state index is 10.8. The molecule has 4 aromatic carbocycles. The van der Waals surface area contributed by atoms with Gasteiger partial charge in [0.2, 0.25) is 11.5 Å². The van der Waals surface area contributed by atoms with E-state index in [9.17, 15) is 15.3 Å². The molecule has 0 heterocycles. The second kappa shape index (κ2) is 6.02. The van der Waals surface area contributed by atoms with Crippen molar-refractivity contribution in [1.82, 2.24) is 0 Å². The van der Waals surface area contributed by atoms with Gasteiger partial charge in [-0.2, -0.15) is 0 Å². The maximum absolute atomic E-state index is 10.8. The predicted molar refractivity (Wildman–Crippen MR) is 104 cm³/mol. The summed E-state index contributed by atoms with van der Waals surface area (Å²) in [6, 6.07) is 10.9. The Labute approximate surface area is 154 Å². The lowest BCUT2D eigenvalue weighted by atomic mass is 9.92. The molecule has 0 fully saturated rings. The van der Waals surface area contributed by atoms with Crippen LogP contribution >= 0.6 is 0 Å². The van der Waals surface area contributed by atoms with Gasteiger partial charge in [-0.05, 0) is 51.9 Å². The third-order valence-electron chi connectivity index (χ3n) is 4.86. The van der Waals surface area contributed by atoms with Gasteiger partial charge in [-0.15, -0.1) is 0 Å². The number of hydrogen-bond acceptors (Lipinski definition) is 6. The molecule has 6 nitrogen and oxygen atoms in total. The Kier molecular flexibility index (Phi) is 3.77. The Hall–Kier alpha value is -3.54. The molecule has 0 bridgehead atoms. The Morgan fingerprint density at radius 1 is 0.556 bits per heavy atom. The number of phenols is 3. The zero-order chi connectivity index (χ0) is 19.3. The minimum absolute atomic E-state index is 0.181. The van der Waals surface area contributed by atoms with Crippen molar-refractivity contribution in [3.8, 4) is 34.5 Å². The van der Waals surface area contributed by atoms with Crippen molar-refractivity contribution in [1.29, 1.82) is 0 Å². The van der Waals surface area contributed by atoms with E-state index in [2.05, 4.69) is 0 Å². The fourth-order valence-electron chi connectivity index (χ4n) is 3.59. The molecule has 6 heteroatoms. The highest BCUT2D eigenvalue weighted by Crippen LogP contribution is 2.54. The van der Waals surface area contributed by atoms with Gasteiger partial charge in [-0.1, -0.05) is 6.07 Å². The normalized spacial score (nSPS) is 11.2. The molecule has 0 saturated carbocycles. The molecule has 4 rings (SSSR count). The zero-order valence-electron chi connectivity index (χ0n) is 15.0. The number of hydrogen-bond donors (Lipinski definition) is 3. The van der Waals surface area contributed by atoms with E-state index in [0.29, 0.717) is 33.0 Å². The number of phenolic OH excluding ortho intramolecular Hbond substituents is 3. The molecule has 3 N–H and O–H groups in total. The molecule has 0 aliphatic rings. The first-order chi connectivity index (χ1) is 13.0. The zero-order valence-corrected chi connectivity index (χ0v) is 15.0. The van der Waals surface area contributed by atoms with E-state index in [1.807, 2.05) is 18.2 Å². The Morgan fingerprint density at radius 2 is 1.11 bits per heavy atom. The maximum Gasteiger partial charge on any atom is 0.207 e. The van der Waals surface area contributed by atoms with E-state index in [4.69, 9.17) is 14.2 Å². The molecule has 0 saturated heterocycles. The molecule has 0 amide bonds. The molecular weight excluding hydrogens is 348 g/mol. The van der Waals surface area contributed by atoms with Crippen LogP contribution in [0.3, 0.4) is 0 Å². The molecular formula is C21H18O6. The quantitative estimate of drug-likeness (QED) is 0.285. The smallest absolute Gasteiger partial charge is 0.207 e. The lowest BCUT2D eigenvalue weighted by molar-refractivity contribution is 0.333. The summed E-state index contributed by atoms with van der Waals surface area (Å²) in [5.41, 5.74) is 0. The van der Waals surface area contributed by atoms with Crippen molar-refractivity contribution in [2.45, 2.75) is 0 Å². The molecule has 0 aromatic heterocycles. The van der Waals surface area contributed by atoms with E-state index in [-0.39, 0.29) is 17.2 Å². The van der Waals surface area contributed by atoms with Crippen LogP contribution in [0, 0.1) is 0 Å². The average molecular weight is 366 g/mol. The van der Waals surface area contributed by atoms with Crippen molar-refractivity contribution < 1.29 is 29.5 Å². The summed E-state index contributed by atoms with van der Waals surface area (Å²) in [5, 5.41) is 35.5. The highest BCUT2D eigenvalue weighted by Gasteiger charge is 2.24. The molecule has 0 spiro atoms. The Balaban J connectivity index is 2.38. The molecule has 0 aliphatic carbocycles. The molecule has 0 unspecified atom stereocenters. The Morgan fingerprint density at radius 3 is 1.70 bits per heavy atom. The number of ether oxygens (including phenoxy) is 3. The number of methoxy groups -OCH3 is 3. The second-order valence-electron chi connectivity index (χ2n) is 6.15. The van der Waals surface area contributed by atoms with E-state index in [1.54, 1.807) is 32.4 Å². The lowest BCUT2D eigenvalue weighted by Gasteiger charge is -2.17. The number of rotatable bonds is 3. The van der Waals surface area contributed by atoms with Gasteiger partial charge in [-0.3, -0.25) is 0 Å². The van der Waals surface area contributed by atoms with Crippen LogP contribution in [0.2, 0.25) is 0 Å². The van der Waals surface area contributed by atoms with Crippen molar-refractivity contribution in [3.05, 3.63) is 36.4 Å². The topological polar surface area (TPSA) is 88.4 Å². The molecule has 0 radical (unpaired) electrons. The third-order valence-corrected chi connectivity index (χ3v) is 4.86. The highest BCUT2D eigenvalue weighted by molar-refractivity contribution is 6.29. The van der Waals surface area contributed by atoms with Crippen LogP contribution in [-0.2, 0) is 0 Å². The van der Waals surface area contributed by atoms with Crippen molar-refractivity contribution >= 4 is 32.3 Å². The first-order valence-corrected chi connectivity index (χ1v) is 8.23. The van der Waals surface area contributed by atoms with Gasteiger partial charge in [0.1, 0.15) is 11.5 Å². The highest BCUT2D eigenvalue weighted by atomic mass is 16.5. The fourth-order valence-corrected chi connectivity index (χ4v) is 3.59. The summed E-state index contributed by atoms with van der Waals surface area (Å²) in [4.78, 5) is 0. The van der Waals surface area contributed by atoms with Gasteiger partial charge in [0, 0.05) is 10.8 Å². The summed E-state index contributed by atoms with van der Waals surface area (Å²) in [5.74, 6) is -0.0641. The minimum Gasteiger partial charge on any atom is -0.504 e. The first kappa shape index (κ1) is 16.9. The van der Waals surface area contributed by atoms with Gasteiger partial charge in [0.25, 0.3) is 0 Å². The minimum atomic E-state index is -0.514. The van der Waals surface area contributed by atoms with Crippen LogP contribution in [0.15, 0.2) is 36.4 Å². The standard InChI is InChI=1S/C21H18O6/c1-25-10-5-7-13-14(8-10)12-6-4-11(26-2)9-15(12)17-16(13)19(23)21(27-3)20(24)18(17)22/h4-9,22-24H,1-3H3. The molecule has 0 atom stereocenters. The summed E-state index contributed by atoms with van der Waals surface area (Å²) >= 11 is 0. The van der Waals surface area contributed by atoms with Gasteiger partial charge in [0.05, 0.1) is 21.3 Å². The predicted octanol–water partition coefficient (Wildman–Crippen LogP) is 4.29. The number of aromatic hydroxyl groups is 3. The first-order valence-electron chi connectivity index (χ1n) is 8.23. The fraction of sp³-hybridized carbons (Fsp3) is 0.143. The van der Waals surface area contributed by atoms with Crippen molar-refractivity contribution in [3.63, 3.8) is 0 Å². The molecule has 4 aromatic rings. The van der Waals surface area contributed by atoms with Crippen LogP contribution in [0.5, 0.6) is 34.5 Å². The van der Waals surface area contributed by atoms with Crippen LogP contribution in [0.1, 0.15) is 0 Å². The van der Waals surface area contributed by atoms with E-state index >= 15 is 0 Å². The van der Waals surface area contributed by atoms with Crippen LogP contribution in [0.4, 0.5) is 0 Å². The molecule has 27 heavy (non-hydrogen) atoms. The summed E-state index contributed by atoms with van der Waals surface area (Å²) in [6.45, 7) is 0. The summed E-state index contributed by atoms with van der Waals surface area (Å²) in [7, 11) is 4.44. The SMILES string of the molecule is COc1ccc2c(c1)c1ccc(OC)cc1c1c(O)c(O)c(OC)c(O)c21. The summed E-state index contributed by atoms with van der Waals surface area (Å²) in [6.07, 6.45) is 0. The van der Waals surface area contributed by atoms with Crippen LogP contribution < -0.4 is 14.2 Å². The number of benzene rings is 4. The van der Waals surface area contributed by atoms with E-state index in [1.165, 1.54) is 7.11 Å². The third kappa shape index (κ3) is 2.26. The van der Waals surface area contributed by atoms with Crippen LogP contribution in [0.25, 0.3) is 32.3 Å². The summed E-state index contributed by atoms with van der Waals surface area (Å²) < 4.78 is 15.8. The van der Waals surface area contributed by atoms with Gasteiger partial charge in [-0.25, -0.2) is 0 Å². The van der Waals surface area contributed by atoms with Crippen molar-refractivity contribution in [2.75, 3.05) is 21.3 Å². The van der Waals surface area contributed by atoms with Crippen molar-refractivity contribution in [2.24, 2.45) is 0 Å². The average Bonchev–Trinajstić information content (AvgIpc) is 2.70. The molecule has 138 valence electrons. The largest absolute Gasteiger partial charge is 0.504 e. The monoisotopic (exact) mass is 366 g/mol.